The summed E-state index contributed by atoms with van der Waals surface area (Å²) in [5.41, 5.74) is 0.678. The quantitative estimate of drug-likeness (QED) is 0.462. The molecule has 1 aliphatic rings. The lowest BCUT2D eigenvalue weighted by atomic mass is 10.1. The van der Waals surface area contributed by atoms with Gasteiger partial charge in [-0.1, -0.05) is 6.42 Å². The van der Waals surface area contributed by atoms with Crippen LogP contribution in [0, 0.1) is 5.41 Å². The van der Waals surface area contributed by atoms with Crippen molar-refractivity contribution in [3.63, 3.8) is 0 Å². The molecule has 0 saturated carbocycles. The molecule has 16 heavy (non-hydrogen) atoms. The lowest BCUT2D eigenvalue weighted by Gasteiger charge is -2.13. The Morgan fingerprint density at radius 2 is 2.06 bits per heavy atom. The predicted octanol–water partition coefficient (Wildman–Crippen LogP) is 2.23. The SMILES string of the molecule is CC(=N)CCCCCN1C(=O)C=C(Br)C1=O. The fourth-order valence-electron chi connectivity index (χ4n) is 1.53. The van der Waals surface area contributed by atoms with E-state index in [2.05, 4.69) is 15.9 Å². The summed E-state index contributed by atoms with van der Waals surface area (Å²) in [5.74, 6) is -0.478. The molecule has 0 aromatic carbocycles. The number of carbonyl (C=O) groups excluding carboxylic acids is 2. The molecule has 0 aliphatic carbocycles. The second-order valence-electron chi connectivity index (χ2n) is 3.88. The number of hydrogen-bond donors (Lipinski definition) is 1. The smallest absolute Gasteiger partial charge is 0.267 e. The van der Waals surface area contributed by atoms with E-state index in [0.29, 0.717) is 16.7 Å². The molecule has 2 amide bonds. The molecular formula is C11H15BrN2O2. The maximum absolute atomic E-state index is 11.4. The van der Waals surface area contributed by atoms with Gasteiger partial charge in [0.25, 0.3) is 11.8 Å². The van der Waals surface area contributed by atoms with E-state index in [9.17, 15) is 9.59 Å². The van der Waals surface area contributed by atoms with Crippen LogP contribution in [0.15, 0.2) is 10.6 Å². The van der Waals surface area contributed by atoms with E-state index >= 15 is 0 Å². The first-order chi connectivity index (χ1) is 7.52. The monoisotopic (exact) mass is 286 g/mol. The highest BCUT2D eigenvalue weighted by atomic mass is 79.9. The van der Waals surface area contributed by atoms with Crippen LogP contribution in [0.1, 0.15) is 32.6 Å². The summed E-state index contributed by atoms with van der Waals surface area (Å²) < 4.78 is 0.341. The van der Waals surface area contributed by atoms with Gasteiger partial charge in [0.1, 0.15) is 0 Å². The van der Waals surface area contributed by atoms with E-state index in [4.69, 9.17) is 5.41 Å². The van der Waals surface area contributed by atoms with Crippen molar-refractivity contribution >= 4 is 33.5 Å². The van der Waals surface area contributed by atoms with E-state index in [-0.39, 0.29) is 11.8 Å². The van der Waals surface area contributed by atoms with Crippen LogP contribution in [-0.2, 0) is 9.59 Å². The van der Waals surface area contributed by atoms with Gasteiger partial charge in [0.2, 0.25) is 0 Å². The number of carbonyl (C=O) groups is 2. The Morgan fingerprint density at radius 3 is 2.56 bits per heavy atom. The number of imide groups is 1. The predicted molar refractivity (Wildman–Crippen MR) is 65.6 cm³/mol. The number of hydrogen-bond acceptors (Lipinski definition) is 3. The number of nitrogens with zero attached hydrogens (tertiary/aromatic N) is 1. The van der Waals surface area contributed by atoms with Crippen LogP contribution in [0.2, 0.25) is 0 Å². The zero-order valence-corrected chi connectivity index (χ0v) is 10.8. The molecule has 4 nitrogen and oxygen atoms in total. The molecule has 5 heteroatoms. The van der Waals surface area contributed by atoms with Crippen LogP contribution < -0.4 is 0 Å². The van der Waals surface area contributed by atoms with Gasteiger partial charge >= 0.3 is 0 Å². The summed E-state index contributed by atoms with van der Waals surface area (Å²) in [7, 11) is 0. The molecule has 1 aliphatic heterocycles. The molecule has 0 unspecified atom stereocenters. The molecule has 0 aromatic rings. The Hall–Kier alpha value is -0.970. The summed E-state index contributed by atoms with van der Waals surface area (Å²) in [4.78, 5) is 24.0. The van der Waals surface area contributed by atoms with E-state index in [1.54, 1.807) is 6.92 Å². The van der Waals surface area contributed by atoms with Crippen molar-refractivity contribution in [3.05, 3.63) is 10.6 Å². The van der Waals surface area contributed by atoms with Crippen molar-refractivity contribution in [2.45, 2.75) is 32.6 Å². The highest BCUT2D eigenvalue weighted by molar-refractivity contribution is 9.12. The van der Waals surface area contributed by atoms with Crippen LogP contribution in [0.3, 0.4) is 0 Å². The first kappa shape index (κ1) is 13.1. The molecule has 1 rings (SSSR count). The summed E-state index contributed by atoms with van der Waals surface area (Å²) in [5, 5.41) is 7.25. The minimum absolute atomic E-state index is 0.236. The lowest BCUT2D eigenvalue weighted by molar-refractivity contribution is -0.136. The third-order valence-electron chi connectivity index (χ3n) is 2.40. The Labute approximate surface area is 103 Å². The van der Waals surface area contributed by atoms with Crippen molar-refractivity contribution < 1.29 is 9.59 Å². The fourth-order valence-corrected chi connectivity index (χ4v) is 1.94. The van der Waals surface area contributed by atoms with Gasteiger partial charge < -0.3 is 5.41 Å². The van der Waals surface area contributed by atoms with Gasteiger partial charge in [-0.25, -0.2) is 0 Å². The highest BCUT2D eigenvalue weighted by Gasteiger charge is 2.28. The average Bonchev–Trinajstić information content (AvgIpc) is 2.43. The fraction of sp³-hybridized carbons (Fsp3) is 0.545. The second kappa shape index (κ2) is 5.94. The van der Waals surface area contributed by atoms with Gasteiger partial charge in [0, 0.05) is 18.3 Å². The van der Waals surface area contributed by atoms with E-state index < -0.39 is 0 Å². The summed E-state index contributed by atoms with van der Waals surface area (Å²) >= 11 is 3.05. The number of unbranched alkanes of at least 4 members (excludes halogenated alkanes) is 2. The van der Waals surface area contributed by atoms with Gasteiger partial charge in [0.05, 0.1) is 4.48 Å². The van der Waals surface area contributed by atoms with Gasteiger partial charge in [-0.05, 0) is 42.1 Å². The van der Waals surface area contributed by atoms with Crippen molar-refractivity contribution in [1.82, 2.24) is 4.90 Å². The van der Waals surface area contributed by atoms with Crippen molar-refractivity contribution in [2.75, 3.05) is 6.54 Å². The maximum Gasteiger partial charge on any atom is 0.267 e. The number of nitrogens with one attached hydrogen (secondary N) is 1. The van der Waals surface area contributed by atoms with Crippen molar-refractivity contribution in [1.29, 1.82) is 5.41 Å². The molecule has 0 aromatic heterocycles. The third-order valence-corrected chi connectivity index (χ3v) is 2.97. The van der Waals surface area contributed by atoms with Gasteiger partial charge in [-0.15, -0.1) is 0 Å². The molecule has 0 fully saturated rings. The number of halogens is 1. The Balaban J connectivity index is 2.22. The molecule has 0 bridgehead atoms. The van der Waals surface area contributed by atoms with Gasteiger partial charge in [-0.3, -0.25) is 14.5 Å². The van der Waals surface area contributed by atoms with Crippen LogP contribution >= 0.6 is 15.9 Å². The van der Waals surface area contributed by atoms with E-state index in [0.717, 1.165) is 25.7 Å². The zero-order valence-electron chi connectivity index (χ0n) is 9.25. The molecule has 0 radical (unpaired) electrons. The molecule has 1 N–H and O–H groups in total. The summed E-state index contributed by atoms with van der Waals surface area (Å²) in [6.45, 7) is 2.26. The highest BCUT2D eigenvalue weighted by Crippen LogP contribution is 2.18. The molecule has 0 saturated heterocycles. The van der Waals surface area contributed by atoms with Crippen LogP contribution in [0.5, 0.6) is 0 Å². The maximum atomic E-state index is 11.4. The normalized spacial score (nSPS) is 15.6. The van der Waals surface area contributed by atoms with Crippen molar-refractivity contribution in [2.24, 2.45) is 0 Å². The minimum Gasteiger partial charge on any atom is -0.310 e. The summed E-state index contributed by atoms with van der Waals surface area (Å²) in [6.07, 6.45) is 4.79. The zero-order chi connectivity index (χ0) is 12.1. The van der Waals surface area contributed by atoms with Crippen LogP contribution in [0.4, 0.5) is 0 Å². The Kier molecular flexibility index (Phi) is 4.86. The molecular weight excluding hydrogens is 272 g/mol. The Morgan fingerprint density at radius 1 is 1.38 bits per heavy atom. The van der Waals surface area contributed by atoms with Crippen molar-refractivity contribution in [3.8, 4) is 0 Å². The minimum atomic E-state index is -0.242. The largest absolute Gasteiger partial charge is 0.310 e. The average molecular weight is 287 g/mol. The molecule has 1 heterocycles. The van der Waals surface area contributed by atoms with Gasteiger partial charge in [-0.2, -0.15) is 0 Å². The molecule has 0 spiro atoms. The standard InChI is InChI=1S/C11H15BrN2O2/c1-8(13)5-3-2-4-6-14-10(15)7-9(12)11(14)16/h7,13H,2-6H2,1H3. The van der Waals surface area contributed by atoms with E-state index in [1.807, 2.05) is 0 Å². The Bertz CT molecular complexity index is 350. The van der Waals surface area contributed by atoms with Crippen LogP contribution in [-0.4, -0.2) is 29.0 Å². The lowest BCUT2D eigenvalue weighted by Crippen LogP contribution is -2.31. The second-order valence-corrected chi connectivity index (χ2v) is 4.73. The molecule has 88 valence electrons. The number of amides is 2. The number of rotatable bonds is 6. The molecule has 0 atom stereocenters. The topological polar surface area (TPSA) is 61.2 Å². The first-order valence-corrected chi connectivity index (χ1v) is 6.08. The van der Waals surface area contributed by atoms with E-state index in [1.165, 1.54) is 11.0 Å². The van der Waals surface area contributed by atoms with Gasteiger partial charge in [0.15, 0.2) is 0 Å². The third kappa shape index (κ3) is 3.56. The van der Waals surface area contributed by atoms with Crippen LogP contribution in [0.25, 0.3) is 0 Å². The summed E-state index contributed by atoms with van der Waals surface area (Å²) in [6, 6.07) is 0. The first-order valence-electron chi connectivity index (χ1n) is 5.29.